The maximum atomic E-state index is 9.60. The highest BCUT2D eigenvalue weighted by Gasteiger charge is 2.27. The zero-order valence-corrected chi connectivity index (χ0v) is 13.6. The highest BCUT2D eigenvalue weighted by Crippen LogP contribution is 2.43. The van der Waals surface area contributed by atoms with Crippen LogP contribution in [0.5, 0.6) is 0 Å². The first-order valence-electron chi connectivity index (χ1n) is 7.93. The minimum Gasteiger partial charge on any atom is -0.391 e. The molecule has 23 heavy (non-hydrogen) atoms. The molecule has 1 aliphatic carbocycles. The summed E-state index contributed by atoms with van der Waals surface area (Å²) < 4.78 is 6.04. The van der Waals surface area contributed by atoms with Crippen molar-refractivity contribution in [3.63, 3.8) is 0 Å². The Kier molecular flexibility index (Phi) is 4.46. The number of aliphatic hydroxyl groups excluding tert-OH is 1. The summed E-state index contributed by atoms with van der Waals surface area (Å²) in [6, 6.07) is 16.6. The van der Waals surface area contributed by atoms with Crippen LogP contribution in [0.3, 0.4) is 0 Å². The highest BCUT2D eigenvalue weighted by atomic mass is 16.5. The summed E-state index contributed by atoms with van der Waals surface area (Å²) in [7, 11) is 0. The van der Waals surface area contributed by atoms with E-state index < -0.39 is 6.10 Å². The Hall–Kier alpha value is -2.16. The van der Waals surface area contributed by atoms with E-state index >= 15 is 0 Å². The maximum Gasteiger partial charge on any atom is 0.109 e. The van der Waals surface area contributed by atoms with Gasteiger partial charge in [0.15, 0.2) is 0 Å². The highest BCUT2D eigenvalue weighted by molar-refractivity contribution is 5.91. The lowest BCUT2D eigenvalue weighted by molar-refractivity contribution is 0.0218. The van der Waals surface area contributed by atoms with Crippen molar-refractivity contribution < 1.29 is 9.84 Å². The Morgan fingerprint density at radius 3 is 2.61 bits per heavy atom. The number of hydrogen-bond acceptors (Lipinski definition) is 2. The standard InChI is InChI=1S/C21H22O2/c1-14(2)17-9-10-18-12-19(16-7-5-4-6-8-16)21(20(18)11-17)23-13-15(3)22/h4-12,15,21-22H,1,13H2,2-3H3. The van der Waals surface area contributed by atoms with E-state index in [1.807, 2.05) is 25.1 Å². The van der Waals surface area contributed by atoms with Crippen LogP contribution in [0, 0.1) is 0 Å². The van der Waals surface area contributed by atoms with Gasteiger partial charge in [0, 0.05) is 0 Å². The second kappa shape index (κ2) is 6.53. The van der Waals surface area contributed by atoms with Crippen molar-refractivity contribution in [2.24, 2.45) is 0 Å². The van der Waals surface area contributed by atoms with Gasteiger partial charge >= 0.3 is 0 Å². The number of allylic oxidation sites excluding steroid dienone is 1. The second-order valence-corrected chi connectivity index (χ2v) is 6.15. The largest absolute Gasteiger partial charge is 0.391 e. The van der Waals surface area contributed by atoms with Gasteiger partial charge in [0.05, 0.1) is 12.7 Å². The van der Waals surface area contributed by atoms with E-state index in [0.29, 0.717) is 6.61 Å². The molecule has 0 fully saturated rings. The predicted molar refractivity (Wildman–Crippen MR) is 95.8 cm³/mol. The molecule has 2 aromatic carbocycles. The molecule has 0 saturated carbocycles. The molecule has 0 aliphatic heterocycles. The average molecular weight is 306 g/mol. The van der Waals surface area contributed by atoms with Crippen molar-refractivity contribution in [1.82, 2.24) is 0 Å². The summed E-state index contributed by atoms with van der Waals surface area (Å²) >= 11 is 0. The normalized spacial score (nSPS) is 17.5. The quantitative estimate of drug-likeness (QED) is 0.866. The minimum atomic E-state index is -0.486. The van der Waals surface area contributed by atoms with Gasteiger partial charge in [0.1, 0.15) is 6.10 Å². The van der Waals surface area contributed by atoms with Crippen molar-refractivity contribution in [1.29, 1.82) is 0 Å². The van der Waals surface area contributed by atoms with Gasteiger partial charge in [-0.05, 0) is 53.8 Å². The number of benzene rings is 2. The number of hydrogen-bond donors (Lipinski definition) is 1. The maximum absolute atomic E-state index is 9.60. The first-order chi connectivity index (χ1) is 11.1. The lowest BCUT2D eigenvalue weighted by atomic mass is 9.98. The molecule has 118 valence electrons. The molecule has 0 saturated heterocycles. The summed E-state index contributed by atoms with van der Waals surface area (Å²) in [4.78, 5) is 0. The van der Waals surface area contributed by atoms with E-state index in [-0.39, 0.29) is 6.10 Å². The Bertz CT molecular complexity index is 742. The fourth-order valence-corrected chi connectivity index (χ4v) is 2.89. The van der Waals surface area contributed by atoms with Crippen LogP contribution in [0.1, 0.15) is 42.2 Å². The van der Waals surface area contributed by atoms with Gasteiger partial charge in [-0.2, -0.15) is 0 Å². The molecule has 0 radical (unpaired) electrons. The molecular formula is C21H22O2. The van der Waals surface area contributed by atoms with E-state index in [0.717, 1.165) is 27.8 Å². The van der Waals surface area contributed by atoms with Gasteiger partial charge in [-0.1, -0.05) is 54.6 Å². The zero-order chi connectivity index (χ0) is 16.4. The third kappa shape index (κ3) is 3.29. The van der Waals surface area contributed by atoms with Crippen LogP contribution in [0.4, 0.5) is 0 Å². The Balaban J connectivity index is 2.01. The molecular weight excluding hydrogens is 284 g/mol. The van der Waals surface area contributed by atoms with E-state index in [1.165, 1.54) is 5.56 Å². The molecule has 0 bridgehead atoms. The van der Waals surface area contributed by atoms with Crippen molar-refractivity contribution in [3.05, 3.63) is 77.4 Å². The summed E-state index contributed by atoms with van der Waals surface area (Å²) in [6.07, 6.45) is 1.54. The third-order valence-electron chi connectivity index (χ3n) is 4.07. The molecule has 2 aromatic rings. The van der Waals surface area contributed by atoms with Gasteiger partial charge in [-0.3, -0.25) is 0 Å². The molecule has 1 aliphatic rings. The summed E-state index contributed by atoms with van der Waals surface area (Å²) in [5, 5.41) is 9.60. The number of aliphatic hydroxyl groups is 1. The molecule has 2 nitrogen and oxygen atoms in total. The van der Waals surface area contributed by atoms with E-state index in [4.69, 9.17) is 4.74 Å². The Morgan fingerprint density at radius 2 is 1.96 bits per heavy atom. The third-order valence-corrected chi connectivity index (χ3v) is 4.07. The topological polar surface area (TPSA) is 29.5 Å². The summed E-state index contributed by atoms with van der Waals surface area (Å²) in [5.41, 5.74) is 6.76. The van der Waals surface area contributed by atoms with Crippen molar-refractivity contribution in [3.8, 4) is 0 Å². The SMILES string of the molecule is C=C(C)c1ccc2c(c1)C(OCC(C)O)C(c1ccccc1)=C2. The van der Waals surface area contributed by atoms with Gasteiger partial charge in [-0.25, -0.2) is 0 Å². The number of rotatable bonds is 5. The predicted octanol–water partition coefficient (Wildman–Crippen LogP) is 4.71. The monoisotopic (exact) mass is 306 g/mol. The first-order valence-corrected chi connectivity index (χ1v) is 7.93. The van der Waals surface area contributed by atoms with Crippen LogP contribution in [-0.2, 0) is 4.74 Å². The van der Waals surface area contributed by atoms with E-state index in [1.54, 1.807) is 6.92 Å². The van der Waals surface area contributed by atoms with Crippen LogP contribution in [-0.4, -0.2) is 17.8 Å². The number of fused-ring (bicyclic) bond motifs is 1. The molecule has 0 amide bonds. The van der Waals surface area contributed by atoms with E-state index in [9.17, 15) is 5.11 Å². The van der Waals surface area contributed by atoms with Gasteiger partial charge in [0.2, 0.25) is 0 Å². The number of ether oxygens (including phenoxy) is 1. The fraction of sp³-hybridized carbons (Fsp3) is 0.238. The Labute approximate surface area is 137 Å². The van der Waals surface area contributed by atoms with E-state index in [2.05, 4.69) is 43.0 Å². The lowest BCUT2D eigenvalue weighted by Crippen LogP contribution is -2.14. The molecule has 1 N–H and O–H groups in total. The van der Waals surface area contributed by atoms with Gasteiger partial charge in [-0.15, -0.1) is 0 Å². The first kappa shape index (κ1) is 15.7. The van der Waals surface area contributed by atoms with Crippen LogP contribution in [0.2, 0.25) is 0 Å². The van der Waals surface area contributed by atoms with Crippen molar-refractivity contribution >= 4 is 17.2 Å². The minimum absolute atomic E-state index is 0.152. The molecule has 2 unspecified atom stereocenters. The molecule has 0 aromatic heterocycles. The van der Waals surface area contributed by atoms with Crippen LogP contribution >= 0.6 is 0 Å². The van der Waals surface area contributed by atoms with Crippen molar-refractivity contribution in [2.75, 3.05) is 6.61 Å². The smallest absolute Gasteiger partial charge is 0.109 e. The fourth-order valence-electron chi connectivity index (χ4n) is 2.89. The molecule has 2 atom stereocenters. The van der Waals surface area contributed by atoms with Crippen LogP contribution < -0.4 is 0 Å². The van der Waals surface area contributed by atoms with Crippen LogP contribution in [0.25, 0.3) is 17.2 Å². The molecule has 2 heteroatoms. The summed E-state index contributed by atoms with van der Waals surface area (Å²) in [5.74, 6) is 0. The Morgan fingerprint density at radius 1 is 1.22 bits per heavy atom. The van der Waals surface area contributed by atoms with Crippen molar-refractivity contribution in [2.45, 2.75) is 26.1 Å². The summed E-state index contributed by atoms with van der Waals surface area (Å²) in [6.45, 7) is 8.09. The van der Waals surface area contributed by atoms with Gasteiger partial charge < -0.3 is 9.84 Å². The molecule has 3 rings (SSSR count). The average Bonchev–Trinajstić information content (AvgIpc) is 2.91. The molecule has 0 spiro atoms. The van der Waals surface area contributed by atoms with Gasteiger partial charge in [0.25, 0.3) is 0 Å². The second-order valence-electron chi connectivity index (χ2n) is 6.15. The van der Waals surface area contributed by atoms with Crippen LogP contribution in [0.15, 0.2) is 55.1 Å². The molecule has 0 heterocycles. The zero-order valence-electron chi connectivity index (χ0n) is 13.6. The lowest BCUT2D eigenvalue weighted by Gasteiger charge is -2.20.